The number of phenols is 1. The molecule has 226 valence electrons. The minimum Gasteiger partial charge on any atom is -0.508 e. The molecular weight excluding hydrogens is 542 g/mol. The molecule has 0 aliphatic heterocycles. The van der Waals surface area contributed by atoms with E-state index >= 15 is 0 Å². The summed E-state index contributed by atoms with van der Waals surface area (Å²) in [6.07, 6.45) is 3.26. The average molecular weight is 582 g/mol. The van der Waals surface area contributed by atoms with E-state index in [1.165, 1.54) is 17.1 Å². The number of benzene rings is 1. The first kappa shape index (κ1) is 31.0. The molecule has 1 fully saturated rings. The number of allylic oxidation sites excluding steroid dienone is 1. The van der Waals surface area contributed by atoms with Gasteiger partial charge in [-0.15, -0.1) is 0 Å². The highest BCUT2D eigenvalue weighted by Gasteiger charge is 2.64. The Morgan fingerprint density at radius 1 is 1.12 bits per heavy atom. The van der Waals surface area contributed by atoms with Gasteiger partial charge in [0.15, 0.2) is 17.2 Å². The van der Waals surface area contributed by atoms with Crippen LogP contribution in [0.3, 0.4) is 0 Å². The maximum absolute atomic E-state index is 14.1. The topological polar surface area (TPSA) is 182 Å². The minimum atomic E-state index is -2.71. The maximum atomic E-state index is 14.1. The van der Waals surface area contributed by atoms with E-state index in [0.29, 0.717) is 11.3 Å². The van der Waals surface area contributed by atoms with E-state index in [0.717, 1.165) is 0 Å². The molecule has 6 N–H and O–H groups in total. The van der Waals surface area contributed by atoms with Crippen LogP contribution < -0.4 is 10.6 Å². The second-order valence-electron chi connectivity index (χ2n) is 13.1. The van der Waals surface area contributed by atoms with Crippen LogP contribution in [0.5, 0.6) is 5.75 Å². The Kier molecular flexibility index (Phi) is 7.67. The molecule has 1 amide bonds. The number of fused-ring (bicyclic) bond motifs is 3. The van der Waals surface area contributed by atoms with Gasteiger partial charge in [0.1, 0.15) is 22.8 Å². The molecule has 11 nitrogen and oxygen atoms in total. The molecule has 3 aliphatic rings. The average Bonchev–Trinajstić information content (AvgIpc) is 2.84. The molecule has 0 bridgehead atoms. The number of primary amides is 1. The number of aliphatic hydroxyl groups excluding tert-OH is 2. The van der Waals surface area contributed by atoms with Crippen LogP contribution in [-0.4, -0.2) is 88.4 Å². The zero-order valence-corrected chi connectivity index (χ0v) is 25.0. The highest BCUT2D eigenvalue weighted by atomic mass is 16.3. The lowest BCUT2D eigenvalue weighted by Gasteiger charge is -2.50. The molecule has 0 radical (unpaired) electrons. The number of Topliss-reactive ketones (excluding diaryl/α,β-unsaturated/α-hetero) is 2. The summed E-state index contributed by atoms with van der Waals surface area (Å²) in [7, 11) is 6.66. The molecule has 0 heterocycles. The fraction of sp³-hybridized carbons (Fsp3) is 0.484. The van der Waals surface area contributed by atoms with Crippen molar-refractivity contribution in [3.8, 4) is 5.75 Å². The van der Waals surface area contributed by atoms with Crippen LogP contribution in [0.4, 0.5) is 5.69 Å². The van der Waals surface area contributed by atoms with Crippen molar-refractivity contribution >= 4 is 40.8 Å². The van der Waals surface area contributed by atoms with Crippen LogP contribution >= 0.6 is 0 Å². The second kappa shape index (κ2) is 10.4. The molecule has 0 spiro atoms. The van der Waals surface area contributed by atoms with Gasteiger partial charge >= 0.3 is 0 Å². The van der Waals surface area contributed by atoms with Gasteiger partial charge in [-0.25, -0.2) is 0 Å². The fourth-order valence-electron chi connectivity index (χ4n) is 6.60. The fourth-order valence-corrected chi connectivity index (χ4v) is 6.60. The third kappa shape index (κ3) is 4.80. The third-order valence-electron chi connectivity index (χ3n) is 8.36. The van der Waals surface area contributed by atoms with E-state index in [9.17, 15) is 39.6 Å². The Bertz CT molecular complexity index is 1490. The molecule has 1 aromatic rings. The van der Waals surface area contributed by atoms with E-state index in [1.54, 1.807) is 39.2 Å². The molecule has 1 saturated carbocycles. The van der Waals surface area contributed by atoms with Gasteiger partial charge in [0.2, 0.25) is 5.78 Å². The Balaban J connectivity index is 1.93. The van der Waals surface area contributed by atoms with Crippen molar-refractivity contribution < 1.29 is 39.6 Å². The zero-order valence-electron chi connectivity index (χ0n) is 25.0. The van der Waals surface area contributed by atoms with Crippen LogP contribution in [-0.2, 0) is 25.6 Å². The summed E-state index contributed by atoms with van der Waals surface area (Å²) in [5.74, 6) is -7.22. The quantitative estimate of drug-likeness (QED) is 0.246. The van der Waals surface area contributed by atoms with E-state index in [2.05, 4.69) is 0 Å². The Morgan fingerprint density at radius 2 is 1.74 bits per heavy atom. The van der Waals surface area contributed by atoms with Gasteiger partial charge in [-0.2, -0.15) is 0 Å². The van der Waals surface area contributed by atoms with Crippen molar-refractivity contribution in [2.45, 2.75) is 51.7 Å². The minimum absolute atomic E-state index is 0.00233. The van der Waals surface area contributed by atoms with Crippen LogP contribution in [0.2, 0.25) is 0 Å². The molecule has 4 atom stereocenters. The molecule has 3 aliphatic carbocycles. The first-order chi connectivity index (χ1) is 19.3. The SMILES string of the molecule is CN(C)c1cc(/C=C/C(=O)CC(C)(C)C)c(O)c2c1C[C@H]1C[C@H]3C(N(C)C)C(=O)C(C(N)=O)=C(O)[C@@]3(O)C(=O)C1=C2O. The number of phenolic OH excluding ortho intramolecular Hbond substituents is 1. The van der Waals surface area contributed by atoms with Crippen molar-refractivity contribution in [3.05, 3.63) is 45.7 Å². The van der Waals surface area contributed by atoms with Crippen LogP contribution in [0.1, 0.15) is 50.3 Å². The summed E-state index contributed by atoms with van der Waals surface area (Å²) in [5.41, 5.74) is 2.72. The first-order valence-electron chi connectivity index (χ1n) is 13.7. The van der Waals surface area contributed by atoms with Crippen molar-refractivity contribution in [2.75, 3.05) is 33.1 Å². The van der Waals surface area contributed by atoms with Crippen molar-refractivity contribution in [2.24, 2.45) is 23.0 Å². The summed E-state index contributed by atoms with van der Waals surface area (Å²) in [5, 5.41) is 45.7. The summed E-state index contributed by atoms with van der Waals surface area (Å²) >= 11 is 0. The molecular formula is C31H39N3O8. The van der Waals surface area contributed by atoms with E-state index in [-0.39, 0.29) is 52.9 Å². The monoisotopic (exact) mass is 581 g/mol. The second-order valence-corrected chi connectivity index (χ2v) is 13.1. The number of carbonyl (C=O) groups excluding carboxylic acids is 4. The number of nitrogens with zero attached hydrogens (tertiary/aromatic N) is 2. The molecule has 1 unspecified atom stereocenters. The van der Waals surface area contributed by atoms with Crippen LogP contribution in [0.25, 0.3) is 11.8 Å². The standard InChI is InChI=1S/C31H39N3O8/c1-30(2,3)13-16(35)9-8-14-12-19(33(4)5)17-10-15-11-18-23(34(6)7)26(38)22(29(32)41)28(40)31(18,42)27(39)20(15)25(37)21(17)24(14)36/h8-9,12,15,18,23,36-37,40,42H,10-11,13H2,1-7H3,(H2,32,41)/b9-8+/t15-,18-,23?,31-/m0/s1. The van der Waals surface area contributed by atoms with Crippen molar-refractivity contribution in [3.63, 3.8) is 0 Å². The third-order valence-corrected chi connectivity index (χ3v) is 8.36. The maximum Gasteiger partial charge on any atom is 0.255 e. The number of carbonyl (C=O) groups is 4. The lowest BCUT2D eigenvalue weighted by molar-refractivity contribution is -0.153. The number of hydrogen-bond acceptors (Lipinski definition) is 10. The lowest BCUT2D eigenvalue weighted by atomic mass is 9.57. The van der Waals surface area contributed by atoms with Crippen LogP contribution in [0.15, 0.2) is 29.0 Å². The van der Waals surface area contributed by atoms with Gasteiger partial charge in [-0.05, 0) is 62.1 Å². The van der Waals surface area contributed by atoms with Gasteiger partial charge in [0.05, 0.1) is 11.6 Å². The number of rotatable bonds is 6. The van der Waals surface area contributed by atoms with Gasteiger partial charge < -0.3 is 31.1 Å². The smallest absolute Gasteiger partial charge is 0.255 e. The first-order valence-corrected chi connectivity index (χ1v) is 13.7. The number of anilines is 1. The number of amides is 1. The molecule has 0 saturated heterocycles. The van der Waals surface area contributed by atoms with E-state index < -0.39 is 58.0 Å². The van der Waals surface area contributed by atoms with Gasteiger partial charge in [0, 0.05) is 43.3 Å². The lowest BCUT2D eigenvalue weighted by Crippen LogP contribution is -2.65. The Hall–Kier alpha value is -3.96. The molecule has 42 heavy (non-hydrogen) atoms. The van der Waals surface area contributed by atoms with Gasteiger partial charge in [-0.3, -0.25) is 24.1 Å². The van der Waals surface area contributed by atoms with Crippen molar-refractivity contribution in [1.29, 1.82) is 0 Å². The largest absolute Gasteiger partial charge is 0.508 e. The van der Waals surface area contributed by atoms with Gasteiger partial charge in [-0.1, -0.05) is 20.8 Å². The van der Waals surface area contributed by atoms with Crippen LogP contribution in [0, 0.1) is 17.3 Å². The number of aromatic hydroxyl groups is 1. The zero-order chi connectivity index (χ0) is 31.6. The number of nitrogens with two attached hydrogens (primary N) is 1. The van der Waals surface area contributed by atoms with Gasteiger partial charge in [0.25, 0.3) is 5.91 Å². The predicted octanol–water partition coefficient (Wildman–Crippen LogP) is 2.05. The summed E-state index contributed by atoms with van der Waals surface area (Å²) < 4.78 is 0. The number of ketones is 3. The highest BCUT2D eigenvalue weighted by molar-refractivity contribution is 6.24. The number of aliphatic hydroxyl groups is 3. The summed E-state index contributed by atoms with van der Waals surface area (Å²) in [6, 6.07) is 0.539. The Morgan fingerprint density at radius 3 is 2.26 bits per heavy atom. The highest BCUT2D eigenvalue weighted by Crippen LogP contribution is 2.54. The number of hydrogen-bond donors (Lipinski definition) is 5. The van der Waals surface area contributed by atoms with E-state index in [1.807, 2.05) is 20.8 Å². The molecule has 11 heteroatoms. The normalized spacial score (nSPS) is 26.0. The molecule has 4 rings (SSSR count). The summed E-state index contributed by atoms with van der Waals surface area (Å²) in [6.45, 7) is 5.80. The summed E-state index contributed by atoms with van der Waals surface area (Å²) in [4.78, 5) is 55.2. The predicted molar refractivity (Wildman–Crippen MR) is 157 cm³/mol. The molecule has 1 aromatic carbocycles. The number of likely N-dealkylation sites (N-methyl/N-ethyl adjacent to an activating group) is 1. The molecule has 0 aromatic heterocycles. The van der Waals surface area contributed by atoms with E-state index in [4.69, 9.17) is 5.73 Å². The Labute approximate surface area is 244 Å². The van der Waals surface area contributed by atoms with Crippen molar-refractivity contribution in [1.82, 2.24) is 4.90 Å².